The summed E-state index contributed by atoms with van der Waals surface area (Å²) in [5.41, 5.74) is 1.21. The Morgan fingerprint density at radius 3 is 2.63 bits per heavy atom. The normalized spacial score (nSPS) is 24.0. The van der Waals surface area contributed by atoms with Crippen molar-refractivity contribution in [3.05, 3.63) is 36.3 Å². The second-order valence-corrected chi connectivity index (χ2v) is 8.82. The molecule has 3 aliphatic rings. The third kappa shape index (κ3) is 3.00. The van der Waals surface area contributed by atoms with Gasteiger partial charge in [0.25, 0.3) is 5.91 Å². The molecule has 6 nitrogen and oxygen atoms in total. The van der Waals surface area contributed by atoms with Crippen molar-refractivity contribution in [1.82, 2.24) is 24.1 Å². The van der Waals surface area contributed by atoms with Gasteiger partial charge in [-0.1, -0.05) is 0 Å². The Morgan fingerprint density at radius 1 is 1.26 bits per heavy atom. The minimum absolute atomic E-state index is 0.119. The van der Waals surface area contributed by atoms with Gasteiger partial charge in [0.05, 0.1) is 6.20 Å². The number of carbonyl (C=O) groups is 1. The van der Waals surface area contributed by atoms with E-state index in [2.05, 4.69) is 17.0 Å². The molecule has 2 aromatic heterocycles. The van der Waals surface area contributed by atoms with Crippen LogP contribution >= 0.6 is 0 Å². The first kappa shape index (κ1) is 17.0. The molecule has 2 aliphatic carbocycles. The number of rotatable bonds is 5. The lowest BCUT2D eigenvalue weighted by Gasteiger charge is -2.33. The molecule has 1 atom stereocenters. The molecule has 144 valence electrons. The molecule has 2 saturated carbocycles. The number of aromatic nitrogens is 3. The topological polar surface area (TPSA) is 46.3 Å². The molecule has 3 heterocycles. The number of amides is 1. The summed E-state index contributed by atoms with van der Waals surface area (Å²) in [6.07, 6.45) is 12.1. The SMILES string of the molecule is CN(CC1CC12CCN(C(=O)c1cnn(C)c1-n1cccc1)CC2)C1CC1. The fraction of sp³-hybridized carbons (Fsp3) is 0.619. The summed E-state index contributed by atoms with van der Waals surface area (Å²) < 4.78 is 3.75. The molecule has 2 aromatic rings. The van der Waals surface area contributed by atoms with E-state index in [4.69, 9.17) is 0 Å². The zero-order valence-corrected chi connectivity index (χ0v) is 16.3. The Morgan fingerprint density at radius 2 is 1.96 bits per heavy atom. The van der Waals surface area contributed by atoms with Crippen molar-refractivity contribution in [2.45, 2.75) is 38.1 Å². The smallest absolute Gasteiger partial charge is 0.259 e. The van der Waals surface area contributed by atoms with E-state index in [1.165, 1.54) is 25.8 Å². The first-order valence-corrected chi connectivity index (χ1v) is 10.2. The highest BCUT2D eigenvalue weighted by atomic mass is 16.2. The van der Waals surface area contributed by atoms with Gasteiger partial charge in [-0.15, -0.1) is 0 Å². The molecule has 1 saturated heterocycles. The number of piperidine rings is 1. The van der Waals surface area contributed by atoms with Gasteiger partial charge in [0.2, 0.25) is 0 Å². The molecule has 27 heavy (non-hydrogen) atoms. The summed E-state index contributed by atoms with van der Waals surface area (Å²) in [7, 11) is 4.18. The molecule has 6 heteroatoms. The molecular formula is C21H29N5O. The summed E-state index contributed by atoms with van der Waals surface area (Å²) in [5, 5.41) is 4.34. The van der Waals surface area contributed by atoms with Crippen LogP contribution < -0.4 is 0 Å². The summed E-state index contributed by atoms with van der Waals surface area (Å²) >= 11 is 0. The predicted molar refractivity (Wildman–Crippen MR) is 104 cm³/mol. The van der Waals surface area contributed by atoms with E-state index in [1.54, 1.807) is 10.9 Å². The molecule has 1 amide bonds. The van der Waals surface area contributed by atoms with Crippen LogP contribution in [-0.2, 0) is 7.05 Å². The van der Waals surface area contributed by atoms with Crippen LogP contribution in [0.4, 0.5) is 0 Å². The van der Waals surface area contributed by atoms with Crippen molar-refractivity contribution in [2.75, 3.05) is 26.7 Å². The van der Waals surface area contributed by atoms with Crippen molar-refractivity contribution in [2.24, 2.45) is 18.4 Å². The maximum absolute atomic E-state index is 13.2. The quantitative estimate of drug-likeness (QED) is 0.816. The van der Waals surface area contributed by atoms with Gasteiger partial charge in [0, 0.05) is 45.1 Å². The maximum atomic E-state index is 13.2. The minimum Gasteiger partial charge on any atom is -0.338 e. The first-order valence-electron chi connectivity index (χ1n) is 10.2. The molecule has 5 rings (SSSR count). The highest BCUT2D eigenvalue weighted by molar-refractivity contribution is 5.97. The van der Waals surface area contributed by atoms with Gasteiger partial charge in [-0.25, -0.2) is 0 Å². The number of aryl methyl sites for hydroxylation is 1. The number of likely N-dealkylation sites (tertiary alicyclic amines) is 1. The lowest BCUT2D eigenvalue weighted by molar-refractivity contribution is 0.0664. The summed E-state index contributed by atoms with van der Waals surface area (Å²) in [5.74, 6) is 1.81. The monoisotopic (exact) mass is 367 g/mol. The summed E-state index contributed by atoms with van der Waals surface area (Å²) in [4.78, 5) is 17.8. The van der Waals surface area contributed by atoms with E-state index < -0.39 is 0 Å². The van der Waals surface area contributed by atoms with Crippen molar-refractivity contribution in [1.29, 1.82) is 0 Å². The lowest BCUT2D eigenvalue weighted by atomic mass is 9.90. The van der Waals surface area contributed by atoms with E-state index >= 15 is 0 Å². The highest BCUT2D eigenvalue weighted by Crippen LogP contribution is 2.59. The van der Waals surface area contributed by atoms with Crippen LogP contribution in [-0.4, -0.2) is 62.8 Å². The molecule has 1 spiro atoms. The third-order valence-electron chi connectivity index (χ3n) is 7.07. The molecule has 0 bridgehead atoms. The van der Waals surface area contributed by atoms with Crippen LogP contribution in [0.1, 0.15) is 42.5 Å². The third-order valence-corrected chi connectivity index (χ3v) is 7.07. The van der Waals surface area contributed by atoms with Crippen molar-refractivity contribution >= 4 is 5.91 Å². The second-order valence-electron chi connectivity index (χ2n) is 8.82. The Bertz CT molecular complexity index is 827. The zero-order valence-electron chi connectivity index (χ0n) is 16.3. The van der Waals surface area contributed by atoms with Crippen LogP contribution in [0.5, 0.6) is 0 Å². The van der Waals surface area contributed by atoms with Crippen molar-refractivity contribution in [3.63, 3.8) is 0 Å². The Kier molecular flexibility index (Phi) is 3.93. The van der Waals surface area contributed by atoms with E-state index in [-0.39, 0.29) is 5.91 Å². The summed E-state index contributed by atoms with van der Waals surface area (Å²) in [6.45, 7) is 3.00. The van der Waals surface area contributed by atoms with Gasteiger partial charge in [0.1, 0.15) is 11.4 Å². The standard InChI is InChI=1S/C21H29N5O/c1-23(17-5-6-17)15-16-13-21(16)7-11-26(12-8-21)20(27)18-14-22-24(2)19(18)25-9-3-4-10-25/h3-4,9-10,14,16-17H,5-8,11-13,15H2,1-2H3. The summed E-state index contributed by atoms with van der Waals surface area (Å²) in [6, 6.07) is 4.79. The van der Waals surface area contributed by atoms with Gasteiger partial charge in [-0.2, -0.15) is 5.10 Å². The molecule has 0 radical (unpaired) electrons. The molecule has 3 fully saturated rings. The van der Waals surface area contributed by atoms with Crippen LogP contribution in [0.25, 0.3) is 5.82 Å². The van der Waals surface area contributed by atoms with Gasteiger partial charge < -0.3 is 14.4 Å². The van der Waals surface area contributed by atoms with Crippen LogP contribution in [0.15, 0.2) is 30.7 Å². The van der Waals surface area contributed by atoms with Gasteiger partial charge in [-0.05, 0) is 62.6 Å². The minimum atomic E-state index is 0.119. The lowest BCUT2D eigenvalue weighted by Crippen LogP contribution is -2.40. The number of nitrogens with zero attached hydrogens (tertiary/aromatic N) is 5. The average molecular weight is 367 g/mol. The number of carbonyl (C=O) groups excluding carboxylic acids is 1. The second kappa shape index (κ2) is 6.23. The largest absolute Gasteiger partial charge is 0.338 e. The van der Waals surface area contributed by atoms with Gasteiger partial charge >= 0.3 is 0 Å². The Hall–Kier alpha value is -2.08. The Balaban J connectivity index is 1.24. The predicted octanol–water partition coefficient (Wildman–Crippen LogP) is 2.55. The van der Waals surface area contributed by atoms with E-state index in [1.807, 2.05) is 41.0 Å². The van der Waals surface area contributed by atoms with Crippen LogP contribution in [0.3, 0.4) is 0 Å². The van der Waals surface area contributed by atoms with Crippen molar-refractivity contribution in [3.8, 4) is 5.82 Å². The average Bonchev–Trinajstić information content (AvgIpc) is 3.51. The first-order chi connectivity index (χ1) is 13.1. The maximum Gasteiger partial charge on any atom is 0.259 e. The molecule has 1 aliphatic heterocycles. The number of hydrogen-bond acceptors (Lipinski definition) is 3. The molecule has 0 N–H and O–H groups in total. The van der Waals surface area contributed by atoms with Crippen molar-refractivity contribution < 1.29 is 4.79 Å². The molecule has 0 aromatic carbocycles. The fourth-order valence-corrected chi connectivity index (χ4v) is 5.00. The van der Waals surface area contributed by atoms with Crippen LogP contribution in [0, 0.1) is 11.3 Å². The van der Waals surface area contributed by atoms with E-state index in [9.17, 15) is 4.79 Å². The molecular weight excluding hydrogens is 338 g/mol. The van der Waals surface area contributed by atoms with E-state index in [0.717, 1.165) is 43.7 Å². The zero-order chi connectivity index (χ0) is 18.6. The van der Waals surface area contributed by atoms with Gasteiger partial charge in [0.15, 0.2) is 0 Å². The van der Waals surface area contributed by atoms with E-state index in [0.29, 0.717) is 11.0 Å². The Labute approximate surface area is 160 Å². The van der Waals surface area contributed by atoms with Gasteiger partial charge in [-0.3, -0.25) is 9.48 Å². The van der Waals surface area contributed by atoms with Crippen LogP contribution in [0.2, 0.25) is 0 Å². The molecule has 1 unspecified atom stereocenters. The number of hydrogen-bond donors (Lipinski definition) is 0. The fourth-order valence-electron chi connectivity index (χ4n) is 5.00. The highest BCUT2D eigenvalue weighted by Gasteiger charge is 2.55.